The van der Waals surface area contributed by atoms with Crippen LogP contribution >= 0.6 is 23.4 Å². The highest BCUT2D eigenvalue weighted by Crippen LogP contribution is 2.25. The van der Waals surface area contributed by atoms with E-state index in [1.54, 1.807) is 11.8 Å². The molecule has 0 spiro atoms. The van der Waals surface area contributed by atoms with Gasteiger partial charge in [0.15, 0.2) is 0 Å². The summed E-state index contributed by atoms with van der Waals surface area (Å²) in [5.41, 5.74) is 0. The van der Waals surface area contributed by atoms with E-state index in [0.29, 0.717) is 11.8 Å². The minimum absolute atomic E-state index is 0.135. The van der Waals surface area contributed by atoms with E-state index >= 15 is 0 Å². The molecule has 0 aliphatic heterocycles. The molecule has 3 nitrogen and oxygen atoms in total. The Morgan fingerprint density at radius 2 is 1.86 bits per heavy atom. The molecule has 1 aliphatic rings. The number of nitrogens with one attached hydrogen (secondary N) is 1. The van der Waals surface area contributed by atoms with Gasteiger partial charge in [-0.25, -0.2) is 0 Å². The first-order chi connectivity index (χ1) is 10.5. The van der Waals surface area contributed by atoms with E-state index < -0.39 is 0 Å². The highest BCUT2D eigenvalue weighted by molar-refractivity contribution is 8.00. The molecule has 1 aromatic rings. The maximum Gasteiger partial charge on any atom is 0.230 e. The fourth-order valence-electron chi connectivity index (χ4n) is 2.95. The number of thioether (sulfide) groups is 1. The lowest BCUT2D eigenvalue weighted by atomic mass is 9.86. The Balaban J connectivity index is 1.66. The van der Waals surface area contributed by atoms with Gasteiger partial charge in [-0.1, -0.05) is 11.6 Å². The lowest BCUT2D eigenvalue weighted by molar-refractivity contribution is -0.119. The largest absolute Gasteiger partial charge is 0.353 e. The van der Waals surface area contributed by atoms with E-state index in [-0.39, 0.29) is 5.91 Å². The smallest absolute Gasteiger partial charge is 0.230 e. The standard InChI is InChI=1S/C17H25ClN2OS/c1-20(2)11-13-3-7-15(8-4-13)19-17(21)12-22-16-9-5-14(18)6-10-16/h5-6,9-10,13,15H,3-4,7-8,11-12H2,1-2H3,(H,19,21). The predicted octanol–water partition coefficient (Wildman–Crippen LogP) is 3.67. The van der Waals surface area contributed by atoms with Crippen molar-refractivity contribution in [3.63, 3.8) is 0 Å². The summed E-state index contributed by atoms with van der Waals surface area (Å²) in [6.45, 7) is 1.16. The minimum atomic E-state index is 0.135. The van der Waals surface area contributed by atoms with Gasteiger partial charge in [-0.2, -0.15) is 0 Å². The fraction of sp³-hybridized carbons (Fsp3) is 0.588. The van der Waals surface area contributed by atoms with Crippen molar-refractivity contribution in [3.8, 4) is 0 Å². The molecule has 0 unspecified atom stereocenters. The molecule has 1 aromatic carbocycles. The van der Waals surface area contributed by atoms with Crippen LogP contribution < -0.4 is 5.32 Å². The van der Waals surface area contributed by atoms with Crippen LogP contribution in [0.4, 0.5) is 0 Å². The number of hydrogen-bond acceptors (Lipinski definition) is 3. The quantitative estimate of drug-likeness (QED) is 0.802. The van der Waals surface area contributed by atoms with Crippen LogP contribution in [0.25, 0.3) is 0 Å². The highest BCUT2D eigenvalue weighted by Gasteiger charge is 2.22. The van der Waals surface area contributed by atoms with Gasteiger partial charge in [0, 0.05) is 22.5 Å². The lowest BCUT2D eigenvalue weighted by Crippen LogP contribution is -2.39. The summed E-state index contributed by atoms with van der Waals surface area (Å²) in [7, 11) is 4.25. The van der Waals surface area contributed by atoms with Gasteiger partial charge in [-0.15, -0.1) is 11.8 Å². The first-order valence-electron chi connectivity index (χ1n) is 7.85. The molecule has 0 saturated heterocycles. The number of carbonyl (C=O) groups excluding carboxylic acids is 1. The van der Waals surface area contributed by atoms with Gasteiger partial charge in [-0.3, -0.25) is 4.79 Å². The van der Waals surface area contributed by atoms with Gasteiger partial charge < -0.3 is 10.2 Å². The third-order valence-corrected chi connectivity index (χ3v) is 5.28. The number of carbonyl (C=O) groups is 1. The minimum Gasteiger partial charge on any atom is -0.353 e. The molecule has 1 aliphatic carbocycles. The van der Waals surface area contributed by atoms with Crippen LogP contribution in [-0.2, 0) is 4.79 Å². The van der Waals surface area contributed by atoms with Gasteiger partial charge in [0.25, 0.3) is 0 Å². The monoisotopic (exact) mass is 340 g/mol. The molecular formula is C17H25ClN2OS. The van der Waals surface area contributed by atoms with Crippen LogP contribution in [-0.4, -0.2) is 43.2 Å². The van der Waals surface area contributed by atoms with Gasteiger partial charge in [0.05, 0.1) is 5.75 Å². The van der Waals surface area contributed by atoms with Crippen molar-refractivity contribution in [1.29, 1.82) is 0 Å². The van der Waals surface area contributed by atoms with Crippen LogP contribution in [0.5, 0.6) is 0 Å². The van der Waals surface area contributed by atoms with E-state index in [9.17, 15) is 4.79 Å². The van der Waals surface area contributed by atoms with E-state index in [4.69, 9.17) is 11.6 Å². The predicted molar refractivity (Wildman–Crippen MR) is 94.6 cm³/mol. The van der Waals surface area contributed by atoms with Crippen molar-refractivity contribution in [3.05, 3.63) is 29.3 Å². The second-order valence-corrected chi connectivity index (χ2v) is 7.78. The van der Waals surface area contributed by atoms with Gasteiger partial charge in [-0.05, 0) is 70.0 Å². The lowest BCUT2D eigenvalue weighted by Gasteiger charge is -2.30. The maximum absolute atomic E-state index is 12.0. The molecule has 1 amide bonds. The summed E-state index contributed by atoms with van der Waals surface area (Å²) in [5, 5.41) is 3.90. The molecule has 0 heterocycles. The Kier molecular flexibility index (Phi) is 7.06. The Labute approximate surface area is 142 Å². The average molecular weight is 341 g/mol. The third-order valence-electron chi connectivity index (χ3n) is 4.02. The second-order valence-electron chi connectivity index (χ2n) is 6.29. The van der Waals surface area contributed by atoms with E-state index in [1.165, 1.54) is 12.8 Å². The number of rotatable bonds is 6. The number of hydrogen-bond donors (Lipinski definition) is 1. The number of nitrogens with zero attached hydrogens (tertiary/aromatic N) is 1. The Morgan fingerprint density at radius 1 is 1.23 bits per heavy atom. The van der Waals surface area contributed by atoms with Crippen LogP contribution in [0.2, 0.25) is 5.02 Å². The molecule has 1 saturated carbocycles. The first kappa shape index (κ1) is 17.6. The van der Waals surface area contributed by atoms with Crippen molar-refractivity contribution in [1.82, 2.24) is 10.2 Å². The van der Waals surface area contributed by atoms with Gasteiger partial charge in [0.2, 0.25) is 5.91 Å². The molecule has 1 fully saturated rings. The molecule has 1 N–H and O–H groups in total. The van der Waals surface area contributed by atoms with Gasteiger partial charge in [0.1, 0.15) is 0 Å². The zero-order chi connectivity index (χ0) is 15.9. The number of benzene rings is 1. The molecular weight excluding hydrogens is 316 g/mol. The van der Waals surface area contributed by atoms with E-state index in [1.807, 2.05) is 24.3 Å². The zero-order valence-electron chi connectivity index (χ0n) is 13.3. The van der Waals surface area contributed by atoms with Crippen molar-refractivity contribution >= 4 is 29.3 Å². The van der Waals surface area contributed by atoms with Crippen molar-refractivity contribution in [2.24, 2.45) is 5.92 Å². The summed E-state index contributed by atoms with van der Waals surface area (Å²) in [6, 6.07) is 7.97. The van der Waals surface area contributed by atoms with Crippen molar-refractivity contribution in [2.75, 3.05) is 26.4 Å². The third kappa shape index (κ3) is 6.19. The molecule has 0 atom stereocenters. The van der Waals surface area contributed by atoms with Crippen LogP contribution in [0, 0.1) is 5.92 Å². The van der Waals surface area contributed by atoms with E-state index in [2.05, 4.69) is 24.3 Å². The van der Waals surface area contributed by atoms with Crippen LogP contribution in [0.3, 0.4) is 0 Å². The Bertz CT molecular complexity index is 470. The summed E-state index contributed by atoms with van der Waals surface area (Å²) in [4.78, 5) is 15.4. The molecule has 5 heteroatoms. The molecule has 0 bridgehead atoms. The van der Waals surface area contributed by atoms with Crippen LogP contribution in [0.15, 0.2) is 29.2 Å². The zero-order valence-corrected chi connectivity index (χ0v) is 14.9. The summed E-state index contributed by atoms with van der Waals surface area (Å²) < 4.78 is 0. The summed E-state index contributed by atoms with van der Waals surface area (Å²) in [5.74, 6) is 1.39. The number of halogens is 1. The van der Waals surface area contributed by atoms with Crippen LogP contribution in [0.1, 0.15) is 25.7 Å². The Morgan fingerprint density at radius 3 is 2.45 bits per heavy atom. The molecule has 122 valence electrons. The van der Waals surface area contributed by atoms with Crippen molar-refractivity contribution < 1.29 is 4.79 Å². The summed E-state index contributed by atoms with van der Waals surface area (Å²) >= 11 is 7.41. The fourth-order valence-corrected chi connectivity index (χ4v) is 3.79. The molecule has 2 rings (SSSR count). The first-order valence-corrected chi connectivity index (χ1v) is 9.21. The Hall–Kier alpha value is -0.710. The SMILES string of the molecule is CN(C)CC1CCC(NC(=O)CSc2ccc(Cl)cc2)CC1. The van der Waals surface area contributed by atoms with Gasteiger partial charge >= 0.3 is 0 Å². The van der Waals surface area contributed by atoms with Crippen molar-refractivity contribution in [2.45, 2.75) is 36.6 Å². The highest BCUT2D eigenvalue weighted by atomic mass is 35.5. The topological polar surface area (TPSA) is 32.3 Å². The molecule has 22 heavy (non-hydrogen) atoms. The maximum atomic E-state index is 12.0. The molecule has 0 radical (unpaired) electrons. The summed E-state index contributed by atoms with van der Waals surface area (Å²) in [6.07, 6.45) is 4.65. The van der Waals surface area contributed by atoms with E-state index in [0.717, 1.165) is 35.2 Å². The normalized spacial score (nSPS) is 21.8. The second kappa shape index (κ2) is 8.80. The molecule has 0 aromatic heterocycles. The average Bonchev–Trinajstić information content (AvgIpc) is 2.48. The number of amides is 1.